The van der Waals surface area contributed by atoms with Crippen LogP contribution in [-0.2, 0) is 4.79 Å². The molecule has 118 valence electrons. The number of hydrogen-bond donors (Lipinski definition) is 1. The van der Waals surface area contributed by atoms with Gasteiger partial charge < -0.3 is 9.80 Å². The van der Waals surface area contributed by atoms with E-state index in [1.165, 1.54) is 38.5 Å². The minimum atomic E-state index is 0.163. The zero-order valence-corrected chi connectivity index (χ0v) is 13.5. The fourth-order valence-corrected chi connectivity index (χ4v) is 4.67. The summed E-state index contributed by atoms with van der Waals surface area (Å²) in [4.78, 5) is 17.7. The summed E-state index contributed by atoms with van der Waals surface area (Å²) < 4.78 is 0. The van der Waals surface area contributed by atoms with Gasteiger partial charge in [0.25, 0.3) is 0 Å². The Bertz CT molecular complexity index is 424. The number of carbonyl (C=O) groups excluding carboxylic acids is 1. The molecule has 2 atom stereocenters. The number of piperidine rings is 1. The molecule has 4 aliphatic rings. The third kappa shape index (κ3) is 2.40. The van der Waals surface area contributed by atoms with Gasteiger partial charge in [-0.05, 0) is 58.3 Å². The van der Waals surface area contributed by atoms with Gasteiger partial charge in [0.15, 0.2) is 0 Å². The Morgan fingerprint density at radius 1 is 1.14 bits per heavy atom. The lowest BCUT2D eigenvalue weighted by molar-refractivity contribution is -0.136. The molecule has 0 unspecified atom stereocenters. The number of nitrogens with one attached hydrogen (secondary N) is 1. The van der Waals surface area contributed by atoms with E-state index in [0.717, 1.165) is 25.6 Å². The van der Waals surface area contributed by atoms with Crippen molar-refractivity contribution in [3.05, 3.63) is 0 Å². The summed E-state index contributed by atoms with van der Waals surface area (Å²) >= 11 is 0. The van der Waals surface area contributed by atoms with Gasteiger partial charge in [0.1, 0.15) is 6.04 Å². The highest BCUT2D eigenvalue weighted by molar-refractivity contribution is 5.87. The van der Waals surface area contributed by atoms with E-state index in [9.17, 15) is 4.79 Å². The van der Waals surface area contributed by atoms with E-state index in [2.05, 4.69) is 29.0 Å². The van der Waals surface area contributed by atoms with Crippen molar-refractivity contribution in [1.82, 2.24) is 15.1 Å². The van der Waals surface area contributed by atoms with Gasteiger partial charge in [-0.15, -0.1) is 0 Å². The van der Waals surface area contributed by atoms with Crippen molar-refractivity contribution in [2.45, 2.75) is 76.0 Å². The highest BCUT2D eigenvalue weighted by Gasteiger charge is 2.55. The molecule has 1 saturated carbocycles. The predicted molar refractivity (Wildman–Crippen MR) is 83.1 cm³/mol. The van der Waals surface area contributed by atoms with Gasteiger partial charge in [0.2, 0.25) is 5.91 Å². The van der Waals surface area contributed by atoms with E-state index in [0.29, 0.717) is 18.0 Å². The van der Waals surface area contributed by atoms with E-state index >= 15 is 0 Å². The SMILES string of the molecule is CC(C)N1CCC2(CCCN2C(=O)[C@@H]2N[C@H]2C2CC2)CC1. The molecule has 4 rings (SSSR count). The quantitative estimate of drug-likeness (QED) is 0.804. The molecule has 1 spiro atoms. The maximum Gasteiger partial charge on any atom is 0.241 e. The Labute approximate surface area is 128 Å². The molecule has 3 aliphatic heterocycles. The lowest BCUT2D eigenvalue weighted by atomic mass is 9.84. The van der Waals surface area contributed by atoms with Crippen LogP contribution >= 0.6 is 0 Å². The lowest BCUT2D eigenvalue weighted by Gasteiger charge is -2.46. The van der Waals surface area contributed by atoms with Crippen LogP contribution in [0.1, 0.15) is 52.4 Å². The first-order chi connectivity index (χ1) is 10.1. The van der Waals surface area contributed by atoms with Crippen LogP contribution in [0.2, 0.25) is 0 Å². The number of carbonyl (C=O) groups is 1. The van der Waals surface area contributed by atoms with Gasteiger partial charge in [0, 0.05) is 37.3 Å². The molecule has 1 aliphatic carbocycles. The lowest BCUT2D eigenvalue weighted by Crippen LogP contribution is -2.56. The second-order valence-electron chi connectivity index (χ2n) is 7.96. The van der Waals surface area contributed by atoms with Crippen LogP contribution < -0.4 is 5.32 Å². The zero-order valence-electron chi connectivity index (χ0n) is 13.5. The molecule has 4 fully saturated rings. The summed E-state index contributed by atoms with van der Waals surface area (Å²) in [5, 5.41) is 3.45. The van der Waals surface area contributed by atoms with Crippen molar-refractivity contribution < 1.29 is 4.79 Å². The van der Waals surface area contributed by atoms with Gasteiger partial charge >= 0.3 is 0 Å². The number of rotatable bonds is 3. The van der Waals surface area contributed by atoms with Crippen molar-refractivity contribution in [3.63, 3.8) is 0 Å². The summed E-state index contributed by atoms with van der Waals surface area (Å²) in [5.74, 6) is 1.22. The van der Waals surface area contributed by atoms with Gasteiger partial charge in [-0.25, -0.2) is 0 Å². The molecule has 0 aromatic rings. The normalized spacial score (nSPS) is 35.7. The third-order valence-electron chi connectivity index (χ3n) is 6.34. The molecule has 3 heterocycles. The molecular formula is C17H29N3O. The molecule has 1 N–H and O–H groups in total. The molecule has 0 aromatic carbocycles. The first-order valence-corrected chi connectivity index (χ1v) is 8.92. The minimum Gasteiger partial charge on any atom is -0.336 e. The highest BCUT2D eigenvalue weighted by Crippen LogP contribution is 2.43. The molecule has 4 heteroatoms. The van der Waals surface area contributed by atoms with Crippen LogP contribution in [0.25, 0.3) is 0 Å². The Morgan fingerprint density at radius 2 is 1.86 bits per heavy atom. The summed E-state index contributed by atoms with van der Waals surface area (Å²) in [6.07, 6.45) is 7.45. The fourth-order valence-electron chi connectivity index (χ4n) is 4.67. The molecule has 4 nitrogen and oxygen atoms in total. The van der Waals surface area contributed by atoms with E-state index in [1.807, 2.05) is 0 Å². The smallest absolute Gasteiger partial charge is 0.241 e. The second kappa shape index (κ2) is 4.95. The molecular weight excluding hydrogens is 262 g/mol. The van der Waals surface area contributed by atoms with Crippen molar-refractivity contribution in [1.29, 1.82) is 0 Å². The Balaban J connectivity index is 1.42. The standard InChI is InChI=1S/C17H29N3O/c1-12(2)19-10-7-17(8-11-19)6-3-9-20(17)16(21)15-14(18-15)13-4-5-13/h12-15,18H,3-11H2,1-2H3/t14-,15+/m0/s1. The summed E-state index contributed by atoms with van der Waals surface area (Å²) in [7, 11) is 0. The van der Waals surface area contributed by atoms with E-state index in [1.54, 1.807) is 0 Å². The summed E-state index contributed by atoms with van der Waals surface area (Å²) in [6.45, 7) is 7.88. The first kappa shape index (κ1) is 14.0. The topological polar surface area (TPSA) is 45.5 Å². The summed E-state index contributed by atoms with van der Waals surface area (Å²) in [5.41, 5.74) is 0.195. The van der Waals surface area contributed by atoms with Gasteiger partial charge in [-0.2, -0.15) is 0 Å². The average Bonchev–Trinajstić information content (AvgIpc) is 3.35. The number of hydrogen-bond acceptors (Lipinski definition) is 3. The highest BCUT2D eigenvalue weighted by atomic mass is 16.2. The fraction of sp³-hybridized carbons (Fsp3) is 0.941. The minimum absolute atomic E-state index is 0.163. The number of nitrogens with zero attached hydrogens (tertiary/aromatic N) is 2. The molecule has 0 radical (unpaired) electrons. The zero-order chi connectivity index (χ0) is 14.6. The molecule has 0 bridgehead atoms. The van der Waals surface area contributed by atoms with Crippen molar-refractivity contribution in [2.24, 2.45) is 5.92 Å². The van der Waals surface area contributed by atoms with Gasteiger partial charge in [-0.3, -0.25) is 10.1 Å². The molecule has 1 amide bonds. The van der Waals surface area contributed by atoms with Crippen molar-refractivity contribution in [3.8, 4) is 0 Å². The first-order valence-electron chi connectivity index (χ1n) is 8.92. The van der Waals surface area contributed by atoms with Crippen LogP contribution in [-0.4, -0.2) is 59.0 Å². The number of likely N-dealkylation sites (tertiary alicyclic amines) is 2. The second-order valence-corrected chi connectivity index (χ2v) is 7.96. The van der Waals surface area contributed by atoms with Crippen LogP contribution in [0, 0.1) is 5.92 Å². The van der Waals surface area contributed by atoms with Crippen LogP contribution in [0.3, 0.4) is 0 Å². The van der Waals surface area contributed by atoms with Crippen LogP contribution in [0.5, 0.6) is 0 Å². The Morgan fingerprint density at radius 3 is 2.48 bits per heavy atom. The van der Waals surface area contributed by atoms with Gasteiger partial charge in [-0.1, -0.05) is 0 Å². The summed E-state index contributed by atoms with van der Waals surface area (Å²) in [6, 6.07) is 1.32. The Hall–Kier alpha value is -0.610. The van der Waals surface area contributed by atoms with E-state index in [-0.39, 0.29) is 11.6 Å². The Kier molecular flexibility index (Phi) is 3.30. The third-order valence-corrected chi connectivity index (χ3v) is 6.34. The number of amides is 1. The average molecular weight is 291 g/mol. The molecule has 21 heavy (non-hydrogen) atoms. The van der Waals surface area contributed by atoms with Crippen LogP contribution in [0.4, 0.5) is 0 Å². The van der Waals surface area contributed by atoms with Gasteiger partial charge in [0.05, 0.1) is 0 Å². The maximum absolute atomic E-state index is 12.9. The molecule has 0 aromatic heterocycles. The largest absolute Gasteiger partial charge is 0.336 e. The van der Waals surface area contributed by atoms with E-state index in [4.69, 9.17) is 0 Å². The molecule has 3 saturated heterocycles. The van der Waals surface area contributed by atoms with Crippen molar-refractivity contribution in [2.75, 3.05) is 19.6 Å². The van der Waals surface area contributed by atoms with Crippen LogP contribution in [0.15, 0.2) is 0 Å². The maximum atomic E-state index is 12.9. The monoisotopic (exact) mass is 291 g/mol. The predicted octanol–water partition coefficient (Wildman–Crippen LogP) is 1.60. The van der Waals surface area contributed by atoms with E-state index < -0.39 is 0 Å². The van der Waals surface area contributed by atoms with Crippen molar-refractivity contribution >= 4 is 5.91 Å².